The summed E-state index contributed by atoms with van der Waals surface area (Å²) in [6.45, 7) is 0. The average molecular weight is 258 g/mol. The van der Waals surface area contributed by atoms with Crippen LogP contribution >= 0.6 is 0 Å². The number of rotatable bonds is 3. The molecule has 0 radical (unpaired) electrons. The monoisotopic (exact) mass is 258 g/mol. The Labute approximate surface area is 108 Å². The Bertz CT molecular complexity index is 568. The van der Waals surface area contributed by atoms with Gasteiger partial charge in [-0.2, -0.15) is 5.26 Å². The molecule has 0 saturated heterocycles. The smallest absolute Gasteiger partial charge is 0.258 e. The van der Waals surface area contributed by atoms with Gasteiger partial charge in [-0.1, -0.05) is 12.1 Å². The maximum absolute atomic E-state index is 11.4. The number of hydrogen-bond donors (Lipinski definition) is 2. The summed E-state index contributed by atoms with van der Waals surface area (Å²) < 4.78 is 0. The van der Waals surface area contributed by atoms with Crippen LogP contribution in [0.1, 0.15) is 11.7 Å². The maximum Gasteiger partial charge on any atom is 0.258 e. The lowest BCUT2D eigenvalue weighted by atomic mass is 10.0. The van der Waals surface area contributed by atoms with Gasteiger partial charge in [0.25, 0.3) is 11.8 Å². The highest BCUT2D eigenvalue weighted by atomic mass is 16.3. The number of hydrogen-bond acceptors (Lipinski definition) is 5. The summed E-state index contributed by atoms with van der Waals surface area (Å²) in [7, 11) is 0. The quantitative estimate of drug-likeness (QED) is 0.588. The van der Waals surface area contributed by atoms with Gasteiger partial charge in [0, 0.05) is 12.2 Å². The number of carbonyl (C=O) groups is 2. The minimum Gasteiger partial charge on any atom is -0.385 e. The van der Waals surface area contributed by atoms with Crippen molar-refractivity contribution in [2.45, 2.75) is 12.2 Å². The summed E-state index contributed by atoms with van der Waals surface area (Å²) in [5.41, 5.74) is 0.687. The Hall–Kier alpha value is -2.49. The second-order valence-electron chi connectivity index (χ2n) is 3.96. The summed E-state index contributed by atoms with van der Waals surface area (Å²) >= 11 is 0. The molecular formula is C13H10N2O4. The summed E-state index contributed by atoms with van der Waals surface area (Å²) in [5.74, 6) is -0.870. The number of aliphatic hydroxyl groups is 2. The van der Waals surface area contributed by atoms with Crippen LogP contribution in [0, 0.1) is 11.3 Å². The number of nitrogens with zero attached hydrogens (tertiary/aromatic N) is 2. The van der Waals surface area contributed by atoms with E-state index in [2.05, 4.69) is 0 Å². The number of aliphatic hydroxyl groups excluding tert-OH is 2. The summed E-state index contributed by atoms with van der Waals surface area (Å²) in [6, 6.07) is 7.34. The van der Waals surface area contributed by atoms with Crippen LogP contribution in [0.25, 0.3) is 0 Å². The van der Waals surface area contributed by atoms with Crippen molar-refractivity contribution >= 4 is 17.5 Å². The molecule has 0 spiro atoms. The third-order valence-corrected chi connectivity index (χ3v) is 2.73. The Morgan fingerprint density at radius 2 is 1.58 bits per heavy atom. The van der Waals surface area contributed by atoms with Gasteiger partial charge in [-0.15, -0.1) is 0 Å². The first-order valence-electron chi connectivity index (χ1n) is 5.46. The molecule has 1 aliphatic heterocycles. The highest BCUT2D eigenvalue weighted by molar-refractivity contribution is 6.28. The van der Waals surface area contributed by atoms with E-state index in [1.54, 1.807) is 0 Å². The lowest BCUT2D eigenvalue weighted by Gasteiger charge is -2.16. The lowest BCUT2D eigenvalue weighted by Crippen LogP contribution is -2.29. The van der Waals surface area contributed by atoms with Gasteiger partial charge in [-0.05, 0) is 17.7 Å². The van der Waals surface area contributed by atoms with Crippen LogP contribution in [0.3, 0.4) is 0 Å². The van der Waals surface area contributed by atoms with Crippen LogP contribution in [0.2, 0.25) is 0 Å². The molecule has 6 nitrogen and oxygen atoms in total. The van der Waals surface area contributed by atoms with Crippen molar-refractivity contribution in [3.63, 3.8) is 0 Å². The summed E-state index contributed by atoms with van der Waals surface area (Å²) in [5, 5.41) is 27.3. The van der Waals surface area contributed by atoms with Crippen LogP contribution in [-0.4, -0.2) is 28.1 Å². The molecule has 2 rings (SSSR count). The van der Waals surface area contributed by atoms with E-state index in [4.69, 9.17) is 5.26 Å². The molecular weight excluding hydrogens is 248 g/mol. The van der Waals surface area contributed by atoms with Crippen LogP contribution in [0.4, 0.5) is 5.69 Å². The Balaban J connectivity index is 2.22. The first kappa shape index (κ1) is 13.0. The zero-order valence-electron chi connectivity index (χ0n) is 9.72. The van der Waals surface area contributed by atoms with Crippen LogP contribution in [-0.2, 0) is 9.59 Å². The highest BCUT2D eigenvalue weighted by Gasteiger charge is 2.25. The molecule has 2 unspecified atom stereocenters. The average Bonchev–Trinajstić information content (AvgIpc) is 2.77. The molecule has 1 aromatic carbocycles. The minimum atomic E-state index is -1.53. The third kappa shape index (κ3) is 2.38. The fraction of sp³-hybridized carbons (Fsp3) is 0.154. The van der Waals surface area contributed by atoms with Crippen molar-refractivity contribution in [2.75, 3.05) is 4.90 Å². The first-order chi connectivity index (χ1) is 9.04. The van der Waals surface area contributed by atoms with Crippen molar-refractivity contribution in [1.82, 2.24) is 0 Å². The van der Waals surface area contributed by atoms with E-state index < -0.39 is 24.0 Å². The molecule has 1 heterocycles. The fourth-order valence-corrected chi connectivity index (χ4v) is 1.73. The van der Waals surface area contributed by atoms with Crippen molar-refractivity contribution in [3.8, 4) is 6.07 Å². The van der Waals surface area contributed by atoms with Crippen molar-refractivity contribution in [1.29, 1.82) is 5.26 Å². The highest BCUT2D eigenvalue weighted by Crippen LogP contribution is 2.23. The molecule has 6 heteroatoms. The van der Waals surface area contributed by atoms with Gasteiger partial charge in [0.1, 0.15) is 6.10 Å². The SMILES string of the molecule is N#CC(O)C(O)c1ccc(N2C(=O)C=CC2=O)cc1. The molecule has 96 valence electrons. The normalized spacial score (nSPS) is 17.4. The van der Waals surface area contributed by atoms with Gasteiger partial charge in [-0.3, -0.25) is 9.59 Å². The van der Waals surface area contributed by atoms with E-state index in [0.717, 1.165) is 4.90 Å². The molecule has 1 aromatic rings. The molecule has 0 aromatic heterocycles. The lowest BCUT2D eigenvalue weighted by molar-refractivity contribution is -0.119. The third-order valence-electron chi connectivity index (χ3n) is 2.73. The van der Waals surface area contributed by atoms with Crippen LogP contribution < -0.4 is 4.90 Å². The number of amides is 2. The molecule has 0 bridgehead atoms. The fourth-order valence-electron chi connectivity index (χ4n) is 1.73. The van der Waals surface area contributed by atoms with Crippen molar-refractivity contribution in [3.05, 3.63) is 42.0 Å². The Kier molecular flexibility index (Phi) is 3.42. The van der Waals surface area contributed by atoms with Crippen LogP contribution in [0.15, 0.2) is 36.4 Å². The summed E-state index contributed by atoms with van der Waals surface area (Å²) in [4.78, 5) is 23.9. The van der Waals surface area contributed by atoms with Crippen LogP contribution in [0.5, 0.6) is 0 Å². The molecule has 2 N–H and O–H groups in total. The second-order valence-corrected chi connectivity index (χ2v) is 3.96. The van der Waals surface area contributed by atoms with Gasteiger partial charge >= 0.3 is 0 Å². The zero-order valence-corrected chi connectivity index (χ0v) is 9.72. The van der Waals surface area contributed by atoms with E-state index in [-0.39, 0.29) is 0 Å². The molecule has 2 atom stereocenters. The Morgan fingerprint density at radius 3 is 2.05 bits per heavy atom. The largest absolute Gasteiger partial charge is 0.385 e. The van der Waals surface area contributed by atoms with E-state index in [9.17, 15) is 19.8 Å². The molecule has 19 heavy (non-hydrogen) atoms. The van der Waals surface area contributed by atoms with Crippen molar-refractivity contribution in [2.24, 2.45) is 0 Å². The van der Waals surface area contributed by atoms with Gasteiger partial charge in [0.05, 0.1) is 11.8 Å². The predicted molar refractivity (Wildman–Crippen MR) is 64.7 cm³/mol. The second kappa shape index (κ2) is 5.02. The van der Waals surface area contributed by atoms with E-state index in [1.807, 2.05) is 0 Å². The number of anilines is 1. The molecule has 0 fully saturated rings. The standard InChI is InChI=1S/C13H10N2O4/c14-7-10(16)13(19)8-1-3-9(4-2-8)15-11(17)5-6-12(15)18/h1-6,10,13,16,19H. The Morgan fingerprint density at radius 1 is 1.05 bits per heavy atom. The van der Waals surface area contributed by atoms with Gasteiger partial charge in [-0.25, -0.2) is 4.90 Å². The minimum absolute atomic E-state index is 0.324. The van der Waals surface area contributed by atoms with E-state index in [0.29, 0.717) is 11.3 Å². The van der Waals surface area contributed by atoms with E-state index >= 15 is 0 Å². The van der Waals surface area contributed by atoms with Gasteiger partial charge in [0.15, 0.2) is 6.10 Å². The maximum atomic E-state index is 11.4. The molecule has 0 saturated carbocycles. The number of imide groups is 1. The topological polar surface area (TPSA) is 102 Å². The first-order valence-corrected chi connectivity index (χ1v) is 5.46. The van der Waals surface area contributed by atoms with Crippen molar-refractivity contribution < 1.29 is 19.8 Å². The molecule has 0 aliphatic carbocycles. The molecule has 2 amide bonds. The number of nitriles is 1. The van der Waals surface area contributed by atoms with E-state index in [1.165, 1.54) is 42.5 Å². The van der Waals surface area contributed by atoms with Gasteiger partial charge < -0.3 is 10.2 Å². The number of benzene rings is 1. The summed E-state index contributed by atoms with van der Waals surface area (Å²) in [6.07, 6.45) is -0.514. The van der Waals surface area contributed by atoms with Gasteiger partial charge in [0.2, 0.25) is 0 Å². The predicted octanol–water partition coefficient (Wildman–Crippen LogP) is 0.0339. The number of carbonyl (C=O) groups excluding carboxylic acids is 2. The molecule has 1 aliphatic rings. The zero-order chi connectivity index (χ0) is 14.0.